The number of aliphatic carboxylic acids is 2. The van der Waals surface area contributed by atoms with Gasteiger partial charge in [-0.25, -0.2) is 0 Å². The highest BCUT2D eigenvalue weighted by Crippen LogP contribution is 2.37. The third-order valence-corrected chi connectivity index (χ3v) is 3.17. The fraction of sp³-hybridized carbons (Fsp3) is 0.700. The Hall–Kier alpha value is -1.59. The van der Waals surface area contributed by atoms with Gasteiger partial charge in [0, 0.05) is 0 Å². The van der Waals surface area contributed by atoms with Gasteiger partial charge in [0.1, 0.15) is 0 Å². The maximum Gasteiger partial charge on any atom is 0.313 e. The normalized spacial score (nSPS) is 18.0. The van der Waals surface area contributed by atoms with Crippen LogP contribution in [0, 0.1) is 17.3 Å². The van der Waals surface area contributed by atoms with Crippen molar-refractivity contribution in [2.75, 3.05) is 7.11 Å². The minimum Gasteiger partial charge on any atom is -0.481 e. The number of carboxylic acid groups (broad SMARTS) is 2. The molecule has 0 aliphatic rings. The minimum absolute atomic E-state index is 0.836. The molecule has 2 N–H and O–H groups in total. The van der Waals surface area contributed by atoms with Crippen molar-refractivity contribution in [3.63, 3.8) is 0 Å². The lowest BCUT2D eigenvalue weighted by molar-refractivity contribution is -0.172. The highest BCUT2D eigenvalue weighted by molar-refractivity contribution is 5.89. The number of carbonyl (C=O) groups excluding carboxylic acids is 1. The molecule has 6 heteroatoms. The Bertz CT molecular complexity index is 288. The Balaban J connectivity index is 5.43. The van der Waals surface area contributed by atoms with E-state index in [0.29, 0.717) is 0 Å². The lowest BCUT2D eigenvalue weighted by atomic mass is 9.69. The van der Waals surface area contributed by atoms with Crippen LogP contribution < -0.4 is 0 Å². The molecule has 0 aliphatic carbocycles. The summed E-state index contributed by atoms with van der Waals surface area (Å²) in [5, 5.41) is 17.8. The van der Waals surface area contributed by atoms with Crippen LogP contribution in [0.2, 0.25) is 0 Å². The predicted molar refractivity (Wildman–Crippen MR) is 53.7 cm³/mol. The monoisotopic (exact) mass is 232 g/mol. The molecule has 92 valence electrons. The summed E-state index contributed by atoms with van der Waals surface area (Å²) in [6.07, 6.45) is 0. The number of ether oxygens (including phenoxy) is 1. The summed E-state index contributed by atoms with van der Waals surface area (Å²) in [4.78, 5) is 33.4. The standard InChI is InChI=1S/C10H16O6/c1-5(7(11)12)10(3,9(15)16-4)6(2)8(13)14/h5-6H,1-4H3,(H,11,12)(H,13,14). The number of esters is 1. The number of methoxy groups -OCH3 is 1. The fourth-order valence-corrected chi connectivity index (χ4v) is 1.46. The first-order chi connectivity index (χ1) is 7.19. The third kappa shape index (κ3) is 2.32. The SMILES string of the molecule is COC(=O)C(C)(C(C)C(=O)O)C(C)C(=O)O. The highest BCUT2D eigenvalue weighted by atomic mass is 16.5. The molecule has 0 fully saturated rings. The molecule has 0 heterocycles. The van der Waals surface area contributed by atoms with Crippen molar-refractivity contribution in [2.45, 2.75) is 20.8 Å². The number of hydrogen-bond donors (Lipinski definition) is 2. The van der Waals surface area contributed by atoms with Crippen LogP contribution in [0.4, 0.5) is 0 Å². The van der Waals surface area contributed by atoms with E-state index in [9.17, 15) is 14.4 Å². The topological polar surface area (TPSA) is 101 Å². The van der Waals surface area contributed by atoms with Gasteiger partial charge in [-0.1, -0.05) is 13.8 Å². The quantitative estimate of drug-likeness (QED) is 0.673. The maximum atomic E-state index is 11.6. The van der Waals surface area contributed by atoms with Crippen molar-refractivity contribution in [2.24, 2.45) is 17.3 Å². The first-order valence-electron chi connectivity index (χ1n) is 4.73. The van der Waals surface area contributed by atoms with E-state index in [-0.39, 0.29) is 0 Å². The summed E-state index contributed by atoms with van der Waals surface area (Å²) in [6, 6.07) is 0. The van der Waals surface area contributed by atoms with E-state index in [0.717, 1.165) is 7.11 Å². The first-order valence-corrected chi connectivity index (χ1v) is 4.73. The molecule has 0 aromatic heterocycles. The Kier molecular flexibility index (Phi) is 4.47. The Morgan fingerprint density at radius 2 is 1.38 bits per heavy atom. The summed E-state index contributed by atoms with van der Waals surface area (Å²) < 4.78 is 4.49. The molecule has 16 heavy (non-hydrogen) atoms. The van der Waals surface area contributed by atoms with Crippen LogP contribution >= 0.6 is 0 Å². The number of hydrogen-bond acceptors (Lipinski definition) is 4. The summed E-state index contributed by atoms with van der Waals surface area (Å²) in [5.74, 6) is -5.60. The zero-order valence-corrected chi connectivity index (χ0v) is 9.68. The van der Waals surface area contributed by atoms with Crippen molar-refractivity contribution in [1.29, 1.82) is 0 Å². The van der Waals surface area contributed by atoms with Gasteiger partial charge >= 0.3 is 17.9 Å². The molecule has 0 aromatic carbocycles. The van der Waals surface area contributed by atoms with Crippen molar-refractivity contribution in [3.05, 3.63) is 0 Å². The van der Waals surface area contributed by atoms with Crippen LogP contribution in [0.5, 0.6) is 0 Å². The van der Waals surface area contributed by atoms with Gasteiger partial charge in [0.05, 0.1) is 24.4 Å². The van der Waals surface area contributed by atoms with Gasteiger partial charge in [0.15, 0.2) is 0 Å². The van der Waals surface area contributed by atoms with Crippen molar-refractivity contribution >= 4 is 17.9 Å². The Labute approximate surface area is 93.2 Å². The van der Waals surface area contributed by atoms with E-state index in [2.05, 4.69) is 4.74 Å². The van der Waals surface area contributed by atoms with Crippen LogP contribution in [0.25, 0.3) is 0 Å². The average Bonchev–Trinajstić information content (AvgIpc) is 2.24. The molecule has 0 saturated heterocycles. The number of carboxylic acids is 2. The Morgan fingerprint density at radius 3 is 1.56 bits per heavy atom. The molecular weight excluding hydrogens is 216 g/mol. The zero-order valence-electron chi connectivity index (χ0n) is 9.68. The summed E-state index contributed by atoms with van der Waals surface area (Å²) in [7, 11) is 1.10. The van der Waals surface area contributed by atoms with Gasteiger partial charge < -0.3 is 14.9 Å². The van der Waals surface area contributed by atoms with Crippen molar-refractivity contribution in [3.8, 4) is 0 Å². The Morgan fingerprint density at radius 1 is 1.06 bits per heavy atom. The molecule has 0 spiro atoms. The molecule has 2 unspecified atom stereocenters. The highest BCUT2D eigenvalue weighted by Gasteiger charge is 2.50. The molecule has 0 rings (SSSR count). The van der Waals surface area contributed by atoms with E-state index in [4.69, 9.17) is 10.2 Å². The van der Waals surface area contributed by atoms with Crippen molar-refractivity contribution < 1.29 is 29.3 Å². The van der Waals surface area contributed by atoms with Crippen LogP contribution in [0.1, 0.15) is 20.8 Å². The molecule has 0 radical (unpaired) electrons. The maximum absolute atomic E-state index is 11.6. The predicted octanol–water partition coefficient (Wildman–Crippen LogP) is 0.607. The van der Waals surface area contributed by atoms with Crippen LogP contribution in [0.15, 0.2) is 0 Å². The van der Waals surface area contributed by atoms with Gasteiger partial charge in [-0.15, -0.1) is 0 Å². The largest absolute Gasteiger partial charge is 0.481 e. The van der Waals surface area contributed by atoms with Gasteiger partial charge in [0.2, 0.25) is 0 Å². The summed E-state index contributed by atoms with van der Waals surface area (Å²) >= 11 is 0. The smallest absolute Gasteiger partial charge is 0.313 e. The van der Waals surface area contributed by atoms with Gasteiger partial charge in [-0.3, -0.25) is 14.4 Å². The van der Waals surface area contributed by atoms with E-state index >= 15 is 0 Å². The van der Waals surface area contributed by atoms with Crippen LogP contribution in [-0.4, -0.2) is 35.2 Å². The fourth-order valence-electron chi connectivity index (χ4n) is 1.46. The first kappa shape index (κ1) is 14.4. The summed E-state index contributed by atoms with van der Waals surface area (Å²) in [5.41, 5.74) is -1.59. The molecular formula is C10H16O6. The lowest BCUT2D eigenvalue weighted by Crippen LogP contribution is -2.47. The molecule has 0 saturated carbocycles. The van der Waals surface area contributed by atoms with Crippen LogP contribution in [0.3, 0.4) is 0 Å². The second-order valence-corrected chi connectivity index (χ2v) is 3.89. The second kappa shape index (κ2) is 4.96. The molecule has 0 bridgehead atoms. The number of carbonyl (C=O) groups is 3. The molecule has 0 amide bonds. The van der Waals surface area contributed by atoms with Gasteiger partial charge in [-0.2, -0.15) is 0 Å². The molecule has 0 aliphatic heterocycles. The second-order valence-electron chi connectivity index (χ2n) is 3.89. The summed E-state index contributed by atoms with van der Waals surface area (Å²) in [6.45, 7) is 3.87. The molecule has 6 nitrogen and oxygen atoms in total. The molecule has 2 atom stereocenters. The van der Waals surface area contributed by atoms with Crippen molar-refractivity contribution in [1.82, 2.24) is 0 Å². The van der Waals surface area contributed by atoms with E-state index in [1.165, 1.54) is 20.8 Å². The number of rotatable bonds is 5. The van der Waals surface area contributed by atoms with E-state index < -0.39 is 35.2 Å². The van der Waals surface area contributed by atoms with Crippen LogP contribution in [-0.2, 0) is 19.1 Å². The minimum atomic E-state index is -1.59. The third-order valence-electron chi connectivity index (χ3n) is 3.17. The van der Waals surface area contributed by atoms with E-state index in [1.807, 2.05) is 0 Å². The lowest BCUT2D eigenvalue weighted by Gasteiger charge is -2.33. The van der Waals surface area contributed by atoms with Gasteiger partial charge in [0.25, 0.3) is 0 Å². The molecule has 0 aromatic rings. The van der Waals surface area contributed by atoms with E-state index in [1.54, 1.807) is 0 Å². The van der Waals surface area contributed by atoms with Gasteiger partial charge in [-0.05, 0) is 6.92 Å². The zero-order chi connectivity index (χ0) is 13.1. The average molecular weight is 232 g/mol.